The van der Waals surface area contributed by atoms with Crippen LogP contribution in [0.15, 0.2) is 24.3 Å². The largest absolute Gasteiger partial charge is 2.00 e. The molecular formula is C28H46BaO8. The number of unbranched alkanes of at least 4 members (excludes halogenated alkanes) is 14. The Labute approximate surface area is 263 Å². The number of carboxylic acids is 2. The summed E-state index contributed by atoms with van der Waals surface area (Å²) in [5, 5.41) is 20.0. The number of hydrogen-bond donors (Lipinski definition) is 0. The van der Waals surface area contributed by atoms with Gasteiger partial charge in [-0.15, -0.1) is 0 Å². The van der Waals surface area contributed by atoms with Crippen molar-refractivity contribution < 1.29 is 38.9 Å². The van der Waals surface area contributed by atoms with Crippen LogP contribution in [0.5, 0.6) is 0 Å². The quantitative estimate of drug-likeness (QED) is 0.0754. The minimum Gasteiger partial charge on any atom is -0.545 e. The molecule has 0 amide bonds. The topological polar surface area (TPSA) is 133 Å². The van der Waals surface area contributed by atoms with Crippen molar-refractivity contribution in [1.82, 2.24) is 0 Å². The van der Waals surface area contributed by atoms with Gasteiger partial charge in [-0.3, -0.25) is 0 Å². The van der Waals surface area contributed by atoms with Crippen molar-refractivity contribution in [3.8, 4) is 0 Å². The van der Waals surface area contributed by atoms with Crippen molar-refractivity contribution in [1.29, 1.82) is 0 Å². The minimum absolute atomic E-state index is 0. The molecular weight excluding hydrogens is 602 g/mol. The average molecular weight is 648 g/mol. The Morgan fingerprint density at radius 1 is 0.486 bits per heavy atom. The monoisotopic (exact) mass is 648 g/mol. The number of carbonyl (C=O) groups excluding carboxylic acids is 4. The molecule has 0 aromatic carbocycles. The summed E-state index contributed by atoms with van der Waals surface area (Å²) >= 11 is 0. The van der Waals surface area contributed by atoms with E-state index in [1.807, 2.05) is 0 Å². The summed E-state index contributed by atoms with van der Waals surface area (Å²) in [5.41, 5.74) is 0. The summed E-state index contributed by atoms with van der Waals surface area (Å²) < 4.78 is 9.64. The molecule has 0 saturated heterocycles. The fourth-order valence-electron chi connectivity index (χ4n) is 3.19. The maximum absolute atomic E-state index is 11.0. The van der Waals surface area contributed by atoms with Gasteiger partial charge in [0.05, 0.1) is 25.2 Å². The molecule has 0 radical (unpaired) electrons. The van der Waals surface area contributed by atoms with Crippen LogP contribution in [0.25, 0.3) is 0 Å². The predicted octanol–water partition coefficient (Wildman–Crippen LogP) is 3.57. The second-order valence-electron chi connectivity index (χ2n) is 8.59. The van der Waals surface area contributed by atoms with Gasteiger partial charge in [0.15, 0.2) is 0 Å². The minimum atomic E-state index is -1.39. The van der Waals surface area contributed by atoms with Gasteiger partial charge in [-0.25, -0.2) is 9.59 Å². The van der Waals surface area contributed by atoms with Gasteiger partial charge in [0.25, 0.3) is 0 Å². The summed E-state index contributed by atoms with van der Waals surface area (Å²) in [5.74, 6) is -4.03. The van der Waals surface area contributed by atoms with Crippen molar-refractivity contribution in [2.45, 2.75) is 117 Å². The molecule has 0 aliphatic carbocycles. The fourth-order valence-corrected chi connectivity index (χ4v) is 3.19. The normalized spacial score (nSPS) is 10.4. The van der Waals surface area contributed by atoms with Crippen LogP contribution in [0.2, 0.25) is 0 Å². The van der Waals surface area contributed by atoms with Crippen molar-refractivity contribution in [2.24, 2.45) is 0 Å². The molecule has 8 nitrogen and oxygen atoms in total. The van der Waals surface area contributed by atoms with Crippen LogP contribution < -0.4 is 10.2 Å². The fraction of sp³-hybridized carbons (Fsp3) is 0.714. The number of hydrogen-bond acceptors (Lipinski definition) is 8. The van der Waals surface area contributed by atoms with Crippen LogP contribution in [0.4, 0.5) is 0 Å². The Hall–Kier alpha value is -1.07. The van der Waals surface area contributed by atoms with Gasteiger partial charge in [-0.2, -0.15) is 0 Å². The van der Waals surface area contributed by atoms with Crippen LogP contribution in [0, 0.1) is 0 Å². The molecule has 0 unspecified atom stereocenters. The maximum Gasteiger partial charge on any atom is 2.00 e. The Bertz CT molecular complexity index is 578. The van der Waals surface area contributed by atoms with Crippen molar-refractivity contribution in [3.05, 3.63) is 24.3 Å². The van der Waals surface area contributed by atoms with E-state index < -0.39 is 23.9 Å². The van der Waals surface area contributed by atoms with Gasteiger partial charge in [0.1, 0.15) is 0 Å². The molecule has 0 atom stereocenters. The molecule has 0 aliphatic heterocycles. The van der Waals surface area contributed by atoms with E-state index >= 15 is 0 Å². The van der Waals surface area contributed by atoms with Crippen molar-refractivity contribution in [3.63, 3.8) is 0 Å². The van der Waals surface area contributed by atoms with Gasteiger partial charge in [0.2, 0.25) is 0 Å². The van der Waals surface area contributed by atoms with Crippen LogP contribution >= 0.6 is 0 Å². The first-order chi connectivity index (χ1) is 17.3. The van der Waals surface area contributed by atoms with E-state index in [9.17, 15) is 29.4 Å². The Morgan fingerprint density at radius 3 is 1.03 bits per heavy atom. The number of esters is 2. The molecule has 0 bridgehead atoms. The van der Waals surface area contributed by atoms with Crippen LogP contribution in [0.1, 0.15) is 117 Å². The summed E-state index contributed by atoms with van der Waals surface area (Å²) in [7, 11) is 0. The molecule has 0 aliphatic rings. The predicted molar refractivity (Wildman–Crippen MR) is 141 cm³/mol. The zero-order valence-corrected chi connectivity index (χ0v) is 27.5. The maximum atomic E-state index is 11.0. The van der Waals surface area contributed by atoms with Crippen molar-refractivity contribution >= 4 is 72.8 Å². The number of aliphatic carboxylic acids is 2. The van der Waals surface area contributed by atoms with Gasteiger partial charge in [0, 0.05) is 12.2 Å². The summed E-state index contributed by atoms with van der Waals surface area (Å²) in [6.45, 7) is 5.10. The zero-order valence-electron chi connectivity index (χ0n) is 23.0. The second kappa shape index (κ2) is 33.0. The molecule has 0 fully saturated rings. The number of ether oxygens (including phenoxy) is 2. The molecule has 208 valence electrons. The summed E-state index contributed by atoms with van der Waals surface area (Å²) in [4.78, 5) is 42.0. The van der Waals surface area contributed by atoms with Gasteiger partial charge in [-0.05, 0) is 25.0 Å². The van der Waals surface area contributed by atoms with Crippen LogP contribution in [-0.2, 0) is 28.7 Å². The van der Waals surface area contributed by atoms with Crippen LogP contribution in [-0.4, -0.2) is 86.0 Å². The molecule has 37 heavy (non-hydrogen) atoms. The third-order valence-corrected chi connectivity index (χ3v) is 5.20. The van der Waals surface area contributed by atoms with Gasteiger partial charge in [-0.1, -0.05) is 104 Å². The summed E-state index contributed by atoms with van der Waals surface area (Å²) in [6.07, 6.45) is 22.0. The third kappa shape index (κ3) is 39.6. The molecule has 0 aromatic heterocycles. The Balaban J connectivity index is -0.000000608. The van der Waals surface area contributed by atoms with E-state index in [0.717, 1.165) is 50.7 Å². The molecule has 0 aromatic rings. The van der Waals surface area contributed by atoms with Crippen molar-refractivity contribution in [2.75, 3.05) is 13.2 Å². The molecule has 0 N–H and O–H groups in total. The van der Waals surface area contributed by atoms with E-state index in [1.54, 1.807) is 0 Å². The summed E-state index contributed by atoms with van der Waals surface area (Å²) in [6, 6.07) is 0. The molecule has 0 spiro atoms. The SMILES string of the molecule is CCCCCCCCCCOC(=O)/C=C\C(=O)[O-].CCCCCCCCCCOC(=O)/C=C\C(=O)[O-].[Ba+2]. The van der Waals surface area contributed by atoms with E-state index in [-0.39, 0.29) is 48.9 Å². The molecule has 9 heteroatoms. The van der Waals surface area contributed by atoms with E-state index in [1.165, 1.54) is 64.2 Å². The number of carboxylic acid groups (broad SMARTS) is 2. The van der Waals surface area contributed by atoms with Crippen LogP contribution in [0.3, 0.4) is 0 Å². The molecule has 0 saturated carbocycles. The van der Waals surface area contributed by atoms with E-state index in [0.29, 0.717) is 25.4 Å². The third-order valence-electron chi connectivity index (χ3n) is 5.20. The number of rotatable bonds is 22. The average Bonchev–Trinajstić information content (AvgIpc) is 2.84. The molecule has 0 rings (SSSR count). The second-order valence-corrected chi connectivity index (χ2v) is 8.59. The van der Waals surface area contributed by atoms with E-state index in [4.69, 9.17) is 9.47 Å². The first-order valence-electron chi connectivity index (χ1n) is 13.4. The number of carbonyl (C=O) groups is 4. The Kier molecular flexibility index (Phi) is 36.0. The van der Waals surface area contributed by atoms with E-state index in [2.05, 4.69) is 13.8 Å². The zero-order chi connectivity index (χ0) is 27.3. The smallest absolute Gasteiger partial charge is 0.545 e. The first kappa shape index (κ1) is 40.4. The van der Waals surface area contributed by atoms with Gasteiger partial charge >= 0.3 is 60.8 Å². The first-order valence-corrected chi connectivity index (χ1v) is 13.4. The standard InChI is InChI=1S/2C14H24O4.Ba/c2*1-2-3-4-5-6-7-8-9-12-18-14(17)11-10-13(15)16;/h2*10-11H,2-9,12H2,1H3,(H,15,16);/q;;+2/p-2/b2*11-10-;. The molecule has 0 heterocycles. The van der Waals surface area contributed by atoms with Gasteiger partial charge < -0.3 is 29.3 Å². The Morgan fingerprint density at radius 2 is 0.757 bits per heavy atom.